The molecule has 1 fully saturated rings. The standard InChI is InChI=1S/C20H25F5N2O5S/c1-6-20(11-27(12-20)18(30)32-19(2,3)4)15(17(29)31-5)26-16(28)13-7-9-14(10-8-13)33(21,22,23,24)25/h6-10,15H,1,11-12H2,2-5H3,(H,26,28)/t15-/m1/s1. The third-order valence-electron chi connectivity index (χ3n) is 4.88. The number of methoxy groups -OCH3 is 1. The molecule has 2 amide bonds. The number of likely N-dealkylation sites (tertiary alicyclic amines) is 1. The molecule has 0 saturated carbocycles. The minimum absolute atomic E-state index is 0.0609. The second-order valence-corrected chi connectivity index (χ2v) is 11.1. The molecule has 1 saturated heterocycles. The molecule has 1 aromatic rings. The molecule has 1 N–H and O–H groups in total. The number of nitrogens with one attached hydrogen (secondary N) is 1. The van der Waals surface area contributed by atoms with Crippen LogP contribution in [0.5, 0.6) is 0 Å². The first-order chi connectivity index (χ1) is 14.7. The molecule has 1 aromatic carbocycles. The number of benzene rings is 1. The number of hydrogen-bond acceptors (Lipinski definition) is 5. The van der Waals surface area contributed by atoms with Gasteiger partial charge in [0.25, 0.3) is 5.91 Å². The van der Waals surface area contributed by atoms with Gasteiger partial charge in [-0.3, -0.25) is 4.79 Å². The average molecular weight is 500 g/mol. The summed E-state index contributed by atoms with van der Waals surface area (Å²) in [6, 6.07) is -0.0150. The Bertz CT molecular complexity index is 968. The van der Waals surface area contributed by atoms with E-state index in [9.17, 15) is 33.8 Å². The highest BCUT2D eigenvalue weighted by Gasteiger charge is 2.65. The summed E-state index contributed by atoms with van der Waals surface area (Å²) < 4.78 is 74.4. The van der Waals surface area contributed by atoms with Gasteiger partial charge < -0.3 is 19.7 Å². The number of esters is 1. The Morgan fingerprint density at radius 2 is 1.64 bits per heavy atom. The average Bonchev–Trinajstić information content (AvgIpc) is 2.62. The molecule has 0 bridgehead atoms. The van der Waals surface area contributed by atoms with Crippen molar-refractivity contribution < 1.29 is 43.3 Å². The van der Waals surface area contributed by atoms with Crippen LogP contribution >= 0.6 is 10.2 Å². The number of hydrogen-bond donors (Lipinski definition) is 1. The lowest BCUT2D eigenvalue weighted by Crippen LogP contribution is -2.68. The first kappa shape index (κ1) is 26.4. The molecule has 0 aliphatic carbocycles. The fourth-order valence-corrected chi connectivity index (χ4v) is 3.83. The van der Waals surface area contributed by atoms with Gasteiger partial charge >= 0.3 is 22.3 Å². The number of carbonyl (C=O) groups excluding carboxylic acids is 3. The van der Waals surface area contributed by atoms with Crippen LogP contribution in [0.4, 0.5) is 24.2 Å². The van der Waals surface area contributed by atoms with Gasteiger partial charge in [0.05, 0.1) is 12.5 Å². The first-order valence-corrected chi connectivity index (χ1v) is 11.5. The van der Waals surface area contributed by atoms with E-state index in [4.69, 9.17) is 9.47 Å². The molecule has 1 aliphatic heterocycles. The number of carbonyl (C=O) groups is 3. The molecule has 1 atom stereocenters. The van der Waals surface area contributed by atoms with Gasteiger partial charge in [0.1, 0.15) is 16.5 Å². The fourth-order valence-electron chi connectivity index (χ4n) is 3.18. The summed E-state index contributed by atoms with van der Waals surface area (Å²) in [7, 11) is -8.83. The Labute approximate surface area is 187 Å². The van der Waals surface area contributed by atoms with Gasteiger partial charge in [-0.2, -0.15) is 0 Å². The van der Waals surface area contributed by atoms with E-state index in [-0.39, 0.29) is 25.2 Å². The van der Waals surface area contributed by atoms with Crippen molar-refractivity contribution in [2.45, 2.75) is 37.3 Å². The molecule has 186 valence electrons. The lowest BCUT2D eigenvalue weighted by molar-refractivity contribution is -0.149. The van der Waals surface area contributed by atoms with E-state index < -0.39 is 55.7 Å². The van der Waals surface area contributed by atoms with Crippen molar-refractivity contribution in [1.29, 1.82) is 0 Å². The predicted molar refractivity (Wildman–Crippen MR) is 112 cm³/mol. The highest BCUT2D eigenvalue weighted by atomic mass is 32.5. The molecule has 1 aliphatic rings. The molecule has 1 heterocycles. The van der Waals surface area contributed by atoms with Crippen molar-refractivity contribution >= 4 is 28.2 Å². The van der Waals surface area contributed by atoms with E-state index in [1.807, 2.05) is 0 Å². The quantitative estimate of drug-likeness (QED) is 0.336. The van der Waals surface area contributed by atoms with Crippen molar-refractivity contribution in [3.63, 3.8) is 0 Å². The number of amides is 2. The first-order valence-electron chi connectivity index (χ1n) is 9.56. The van der Waals surface area contributed by atoms with E-state index in [0.717, 1.165) is 7.11 Å². The van der Waals surface area contributed by atoms with Crippen molar-refractivity contribution in [2.75, 3.05) is 20.2 Å². The summed E-state index contributed by atoms with van der Waals surface area (Å²) in [5.41, 5.74) is -2.30. The Kier molecular flexibility index (Phi) is 6.09. The summed E-state index contributed by atoms with van der Waals surface area (Å²) in [5.74, 6) is -1.90. The van der Waals surface area contributed by atoms with E-state index in [1.165, 1.54) is 11.0 Å². The SMILES string of the molecule is C=CC1([C@H](NC(=O)c2ccc(S(F)(F)(F)(F)F)cc2)C(=O)OC)CN(C(=O)OC(C)(C)C)C1. The fraction of sp³-hybridized carbons (Fsp3) is 0.450. The third kappa shape index (κ3) is 6.15. The van der Waals surface area contributed by atoms with Gasteiger partial charge in [0.15, 0.2) is 0 Å². The Balaban J connectivity index is 2.23. The minimum atomic E-state index is -9.89. The van der Waals surface area contributed by atoms with Crippen LogP contribution in [0.2, 0.25) is 0 Å². The Morgan fingerprint density at radius 1 is 1.12 bits per heavy atom. The monoisotopic (exact) mass is 500 g/mol. The molecule has 7 nitrogen and oxygen atoms in total. The van der Waals surface area contributed by atoms with Gasteiger partial charge in [-0.25, -0.2) is 9.59 Å². The lowest BCUT2D eigenvalue weighted by atomic mass is 9.73. The predicted octanol–water partition coefficient (Wildman–Crippen LogP) is 5.04. The number of ether oxygens (including phenoxy) is 2. The van der Waals surface area contributed by atoms with Crippen LogP contribution in [0.3, 0.4) is 0 Å². The zero-order valence-electron chi connectivity index (χ0n) is 18.4. The maximum absolute atomic E-state index is 12.9. The zero-order chi connectivity index (χ0) is 25.5. The van der Waals surface area contributed by atoms with Crippen molar-refractivity contribution in [3.8, 4) is 0 Å². The smallest absolute Gasteiger partial charge is 0.410 e. The van der Waals surface area contributed by atoms with Crippen LogP contribution in [0.15, 0.2) is 41.8 Å². The number of rotatable bonds is 6. The van der Waals surface area contributed by atoms with Crippen molar-refractivity contribution in [3.05, 3.63) is 42.5 Å². The summed E-state index contributed by atoms with van der Waals surface area (Å²) >= 11 is 0. The topological polar surface area (TPSA) is 84.9 Å². The zero-order valence-corrected chi connectivity index (χ0v) is 19.2. The highest BCUT2D eigenvalue weighted by molar-refractivity contribution is 8.45. The van der Waals surface area contributed by atoms with Crippen LogP contribution in [0.1, 0.15) is 31.1 Å². The minimum Gasteiger partial charge on any atom is -0.467 e. The van der Waals surface area contributed by atoms with Crippen molar-refractivity contribution in [1.82, 2.24) is 10.2 Å². The van der Waals surface area contributed by atoms with Crippen LogP contribution in [-0.2, 0) is 14.3 Å². The van der Waals surface area contributed by atoms with Gasteiger partial charge in [-0.05, 0) is 45.0 Å². The Morgan fingerprint density at radius 3 is 2.03 bits per heavy atom. The largest absolute Gasteiger partial charge is 0.467 e. The van der Waals surface area contributed by atoms with Crippen LogP contribution in [-0.4, -0.2) is 54.7 Å². The van der Waals surface area contributed by atoms with E-state index in [0.29, 0.717) is 12.1 Å². The lowest BCUT2D eigenvalue weighted by Gasteiger charge is -2.51. The second kappa shape index (κ2) is 7.61. The molecular formula is C20H25F5N2O5S. The molecule has 0 spiro atoms. The molecule has 2 rings (SSSR count). The van der Waals surface area contributed by atoms with E-state index >= 15 is 0 Å². The second-order valence-electron chi connectivity index (χ2n) is 8.70. The van der Waals surface area contributed by atoms with Gasteiger partial charge in [-0.1, -0.05) is 25.5 Å². The normalized spacial score (nSPS) is 18.6. The van der Waals surface area contributed by atoms with Gasteiger partial charge in [0, 0.05) is 18.7 Å². The molecule has 13 heteroatoms. The Hall–Kier alpha value is -2.83. The summed E-state index contributed by atoms with van der Waals surface area (Å²) in [6.45, 7) is 8.54. The summed E-state index contributed by atoms with van der Waals surface area (Å²) in [6.07, 6.45) is 0.703. The van der Waals surface area contributed by atoms with Crippen LogP contribution < -0.4 is 5.32 Å². The van der Waals surface area contributed by atoms with E-state index in [2.05, 4.69) is 11.9 Å². The molecule has 33 heavy (non-hydrogen) atoms. The molecular weight excluding hydrogens is 475 g/mol. The van der Waals surface area contributed by atoms with Crippen LogP contribution in [0, 0.1) is 5.41 Å². The number of halogens is 5. The highest BCUT2D eigenvalue weighted by Crippen LogP contribution is 3.02. The number of nitrogens with zero attached hydrogens (tertiary/aromatic N) is 1. The van der Waals surface area contributed by atoms with Gasteiger partial charge in [0.2, 0.25) is 0 Å². The third-order valence-corrected chi connectivity index (χ3v) is 6.04. The summed E-state index contributed by atoms with van der Waals surface area (Å²) in [4.78, 5) is 36.3. The maximum atomic E-state index is 12.9. The molecule has 0 radical (unpaired) electrons. The van der Waals surface area contributed by atoms with Gasteiger partial charge in [-0.15, -0.1) is 6.58 Å². The van der Waals surface area contributed by atoms with Crippen molar-refractivity contribution in [2.24, 2.45) is 5.41 Å². The van der Waals surface area contributed by atoms with Crippen LogP contribution in [0.25, 0.3) is 0 Å². The molecule has 0 aromatic heterocycles. The summed E-state index contributed by atoms with van der Waals surface area (Å²) in [5, 5.41) is 2.34. The maximum Gasteiger partial charge on any atom is 0.410 e. The molecule has 0 unspecified atom stereocenters. The van der Waals surface area contributed by atoms with E-state index in [1.54, 1.807) is 20.8 Å².